The fraction of sp³-hybridized carbons (Fsp3) is 0.367. The maximum Gasteiger partial charge on any atom is 0.246 e. The van der Waals surface area contributed by atoms with Gasteiger partial charge < -0.3 is 47.5 Å². The molecule has 15 heteroatoms. The summed E-state index contributed by atoms with van der Waals surface area (Å²) in [7, 11) is 0. The van der Waals surface area contributed by atoms with Crippen molar-refractivity contribution >= 4 is 35.2 Å². The standard InChI is InChI=1S/C49H60N8O7/c50-23-27-64-28-25-53-46(61)41-21-24-52-43(58)19-20-45(60)57-26-6-22-49(33-57,31-35-7-2-1-3-8-35)48(63)56-42(29-34-11-13-36(14-12-34)37-15-17-40(51)18-16-37)47(62)54-32-39-10-5-4-9-38(39)30-44(59)55-41/h1-5,7-20,41-42,44,55,59H,6,21-33,50-51H2,(H,52,58)(H,53,61)(H,54,62)(H,56,63)/b20-19+/t41-,42-,44?,49-/m0/s1. The third-order valence-corrected chi connectivity index (χ3v) is 11.6. The molecule has 6 rings (SSSR count). The fourth-order valence-electron chi connectivity index (χ4n) is 8.21. The van der Waals surface area contributed by atoms with E-state index in [4.69, 9.17) is 16.2 Å². The number of nitrogen functional groups attached to an aromatic ring is 1. The average Bonchev–Trinajstić information content (AvgIpc) is 3.30. The number of carbonyl (C=O) groups is 5. The van der Waals surface area contributed by atoms with Crippen LogP contribution in [0.25, 0.3) is 11.1 Å². The molecule has 4 atom stereocenters. The number of ether oxygens (including phenoxy) is 1. The van der Waals surface area contributed by atoms with Crippen LogP contribution in [0.1, 0.15) is 41.5 Å². The minimum Gasteiger partial charge on any atom is -0.399 e. The van der Waals surface area contributed by atoms with E-state index in [9.17, 15) is 29.1 Å². The first kappa shape index (κ1) is 47.1. The number of hydrogen-bond donors (Lipinski definition) is 8. The normalized spacial score (nSPS) is 22.1. The van der Waals surface area contributed by atoms with Crippen molar-refractivity contribution in [2.45, 2.75) is 63.4 Å². The summed E-state index contributed by atoms with van der Waals surface area (Å²) < 4.78 is 5.38. The number of aliphatic hydroxyl groups excluding tert-OH is 1. The Morgan fingerprint density at radius 2 is 1.55 bits per heavy atom. The first-order valence-electron chi connectivity index (χ1n) is 21.9. The van der Waals surface area contributed by atoms with Crippen LogP contribution < -0.4 is 38.1 Å². The molecular weight excluding hydrogens is 813 g/mol. The summed E-state index contributed by atoms with van der Waals surface area (Å²) in [5.74, 6) is -2.14. The number of rotatable bonds is 11. The van der Waals surface area contributed by atoms with Gasteiger partial charge in [0.15, 0.2) is 0 Å². The van der Waals surface area contributed by atoms with Crippen LogP contribution in [0.5, 0.6) is 0 Å². The zero-order valence-corrected chi connectivity index (χ0v) is 36.1. The second-order valence-corrected chi connectivity index (χ2v) is 16.4. The first-order valence-corrected chi connectivity index (χ1v) is 21.9. The fourth-order valence-corrected chi connectivity index (χ4v) is 8.21. The van der Waals surface area contributed by atoms with Gasteiger partial charge in [-0.3, -0.25) is 29.3 Å². The Hall–Kier alpha value is -6.39. The molecule has 10 N–H and O–H groups in total. The molecule has 0 aliphatic carbocycles. The molecule has 4 aromatic carbocycles. The minimum absolute atomic E-state index is 0.0550. The van der Waals surface area contributed by atoms with Gasteiger partial charge in [0.25, 0.3) is 0 Å². The zero-order chi connectivity index (χ0) is 45.3. The molecule has 1 saturated heterocycles. The Morgan fingerprint density at radius 1 is 0.844 bits per heavy atom. The van der Waals surface area contributed by atoms with E-state index in [1.165, 1.54) is 6.08 Å². The molecule has 2 heterocycles. The molecule has 1 unspecified atom stereocenters. The van der Waals surface area contributed by atoms with Gasteiger partial charge in [0.1, 0.15) is 12.3 Å². The van der Waals surface area contributed by atoms with Gasteiger partial charge in [-0.25, -0.2) is 0 Å². The second kappa shape index (κ2) is 23.3. The highest BCUT2D eigenvalue weighted by Crippen LogP contribution is 2.35. The van der Waals surface area contributed by atoms with Crippen LogP contribution in [-0.2, 0) is 54.5 Å². The van der Waals surface area contributed by atoms with E-state index in [1.54, 1.807) is 4.90 Å². The van der Waals surface area contributed by atoms with Gasteiger partial charge in [-0.1, -0.05) is 91.0 Å². The van der Waals surface area contributed by atoms with E-state index in [0.717, 1.165) is 39.5 Å². The predicted molar refractivity (Wildman–Crippen MR) is 245 cm³/mol. The number of nitrogens with zero attached hydrogens (tertiary/aromatic N) is 1. The molecule has 64 heavy (non-hydrogen) atoms. The van der Waals surface area contributed by atoms with Crippen molar-refractivity contribution in [2.75, 3.05) is 51.7 Å². The molecule has 0 spiro atoms. The SMILES string of the molecule is NCCOCCNC(=O)[C@@H]1CCNC(=O)/C=C/C(=O)N2CCC[C@](Cc3ccccc3)(C2)C(=O)N[C@@H](Cc2ccc(-c3ccc(N)cc3)cc2)C(=O)NCc2ccccc2CC(O)N1. The minimum atomic E-state index is -1.19. The smallest absolute Gasteiger partial charge is 0.246 e. The lowest BCUT2D eigenvalue weighted by Gasteiger charge is -2.42. The number of nitrogens with one attached hydrogen (secondary N) is 5. The van der Waals surface area contributed by atoms with Gasteiger partial charge >= 0.3 is 0 Å². The molecule has 2 bridgehead atoms. The topological polar surface area (TPSA) is 230 Å². The number of nitrogens with two attached hydrogens (primary N) is 2. The zero-order valence-electron chi connectivity index (χ0n) is 36.1. The van der Waals surface area contributed by atoms with Crippen LogP contribution in [0.2, 0.25) is 0 Å². The highest BCUT2D eigenvalue weighted by Gasteiger charge is 2.44. The third kappa shape index (κ3) is 13.6. The molecule has 1 fully saturated rings. The maximum absolute atomic E-state index is 14.9. The molecule has 15 nitrogen and oxygen atoms in total. The molecule has 338 valence electrons. The Kier molecular flexibility index (Phi) is 17.2. The number of piperidine rings is 1. The molecular formula is C49H60N8O7. The third-order valence-electron chi connectivity index (χ3n) is 11.6. The van der Waals surface area contributed by atoms with Crippen LogP contribution in [0.15, 0.2) is 115 Å². The van der Waals surface area contributed by atoms with Gasteiger partial charge in [0, 0.05) is 69.9 Å². The van der Waals surface area contributed by atoms with E-state index in [-0.39, 0.29) is 58.0 Å². The molecule has 0 saturated carbocycles. The Bertz CT molecular complexity index is 2220. The highest BCUT2D eigenvalue weighted by atomic mass is 16.5. The van der Waals surface area contributed by atoms with Crippen LogP contribution in [0.4, 0.5) is 5.69 Å². The monoisotopic (exact) mass is 872 g/mol. The Labute approximate surface area is 374 Å². The largest absolute Gasteiger partial charge is 0.399 e. The van der Waals surface area contributed by atoms with Crippen LogP contribution in [-0.4, -0.2) is 104 Å². The lowest BCUT2D eigenvalue weighted by atomic mass is 9.74. The van der Waals surface area contributed by atoms with Gasteiger partial charge in [0.05, 0.1) is 24.7 Å². The summed E-state index contributed by atoms with van der Waals surface area (Å²) in [4.78, 5) is 70.9. The van der Waals surface area contributed by atoms with Crippen LogP contribution in [0, 0.1) is 5.41 Å². The van der Waals surface area contributed by atoms with Crippen molar-refractivity contribution in [3.8, 4) is 11.1 Å². The van der Waals surface area contributed by atoms with Crippen molar-refractivity contribution in [1.29, 1.82) is 0 Å². The number of aliphatic hydroxyl groups is 1. The van der Waals surface area contributed by atoms with E-state index >= 15 is 0 Å². The van der Waals surface area contributed by atoms with Gasteiger partial charge in [-0.05, 0) is 71.2 Å². The average molecular weight is 873 g/mol. The highest BCUT2D eigenvalue weighted by molar-refractivity contribution is 5.97. The molecule has 4 aromatic rings. The number of fused-ring (bicyclic) bond motifs is 3. The number of hydrogen-bond acceptors (Lipinski definition) is 10. The molecule has 5 amide bonds. The van der Waals surface area contributed by atoms with Crippen molar-refractivity contribution in [2.24, 2.45) is 11.1 Å². The summed E-state index contributed by atoms with van der Waals surface area (Å²) in [5.41, 5.74) is 16.1. The van der Waals surface area contributed by atoms with Gasteiger partial charge in [0.2, 0.25) is 29.5 Å². The summed E-state index contributed by atoms with van der Waals surface area (Å²) in [5, 5.41) is 26.0. The number of benzene rings is 4. The summed E-state index contributed by atoms with van der Waals surface area (Å²) in [6, 6.07) is 30.4. The molecule has 0 radical (unpaired) electrons. The summed E-state index contributed by atoms with van der Waals surface area (Å²) in [6.45, 7) is 1.75. The number of anilines is 1. The Morgan fingerprint density at radius 3 is 2.28 bits per heavy atom. The predicted octanol–water partition coefficient (Wildman–Crippen LogP) is 2.12. The van der Waals surface area contributed by atoms with Crippen molar-refractivity contribution in [1.82, 2.24) is 31.5 Å². The van der Waals surface area contributed by atoms with Crippen molar-refractivity contribution < 1.29 is 33.8 Å². The van der Waals surface area contributed by atoms with Crippen molar-refractivity contribution in [3.05, 3.63) is 138 Å². The van der Waals surface area contributed by atoms with E-state index in [1.807, 2.05) is 103 Å². The summed E-state index contributed by atoms with van der Waals surface area (Å²) in [6.07, 6.45) is 2.82. The van der Waals surface area contributed by atoms with E-state index in [2.05, 4.69) is 26.6 Å². The second-order valence-electron chi connectivity index (χ2n) is 16.4. The van der Waals surface area contributed by atoms with Crippen LogP contribution >= 0.6 is 0 Å². The van der Waals surface area contributed by atoms with Crippen LogP contribution in [0.3, 0.4) is 0 Å². The lowest BCUT2D eigenvalue weighted by molar-refractivity contribution is -0.141. The van der Waals surface area contributed by atoms with Gasteiger partial charge in [-0.15, -0.1) is 0 Å². The van der Waals surface area contributed by atoms with Gasteiger partial charge in [-0.2, -0.15) is 0 Å². The Balaban J connectivity index is 1.30. The maximum atomic E-state index is 14.9. The van der Waals surface area contributed by atoms with E-state index < -0.39 is 47.4 Å². The quantitative estimate of drug-likeness (QED) is 0.0809. The lowest BCUT2D eigenvalue weighted by Crippen LogP contribution is -2.58. The number of carbonyl (C=O) groups excluding carboxylic acids is 5. The number of amides is 5. The summed E-state index contributed by atoms with van der Waals surface area (Å²) >= 11 is 0. The molecule has 2 aliphatic heterocycles. The molecule has 0 aromatic heterocycles. The molecule has 2 aliphatic rings. The first-order chi connectivity index (χ1) is 31.0. The van der Waals surface area contributed by atoms with Crippen molar-refractivity contribution in [3.63, 3.8) is 0 Å². The van der Waals surface area contributed by atoms with E-state index in [0.29, 0.717) is 44.6 Å².